The molecule has 1 aliphatic rings. The Bertz CT molecular complexity index is 224. The zero-order valence-electron chi connectivity index (χ0n) is 8.55. The molecule has 1 N–H and O–H groups in total. The van der Waals surface area contributed by atoms with E-state index >= 15 is 0 Å². The van der Waals surface area contributed by atoms with Crippen LogP contribution < -0.4 is 5.32 Å². The minimum atomic E-state index is -0.429. The molecular formula is C9H16N2O2. The molecule has 0 aromatic carbocycles. The van der Waals surface area contributed by atoms with Crippen LogP contribution in [0.5, 0.6) is 0 Å². The van der Waals surface area contributed by atoms with E-state index in [0.29, 0.717) is 6.42 Å². The molecule has 1 fully saturated rings. The standard InChI is InChI=1S/C9H16N2O2/c1-6-5-7(12)11(8(13)10-6)9(2,3)4/h6H,5H2,1-4H3,(H,10,13). The summed E-state index contributed by atoms with van der Waals surface area (Å²) in [6.45, 7) is 7.37. The summed E-state index contributed by atoms with van der Waals surface area (Å²) in [4.78, 5) is 24.3. The minimum absolute atomic E-state index is 0.0430. The van der Waals surface area contributed by atoms with Gasteiger partial charge in [0.05, 0.1) is 0 Å². The maximum Gasteiger partial charge on any atom is 0.324 e. The lowest BCUT2D eigenvalue weighted by atomic mass is 10.0. The third-order valence-electron chi connectivity index (χ3n) is 1.97. The molecule has 0 bridgehead atoms. The van der Waals surface area contributed by atoms with Gasteiger partial charge in [0.1, 0.15) is 0 Å². The first-order valence-corrected chi connectivity index (χ1v) is 4.46. The first-order chi connectivity index (χ1) is 5.82. The first-order valence-electron chi connectivity index (χ1n) is 4.46. The molecule has 4 heteroatoms. The summed E-state index contributed by atoms with van der Waals surface area (Å²) in [7, 11) is 0. The second kappa shape index (κ2) is 3.01. The molecule has 1 rings (SSSR count). The van der Waals surface area contributed by atoms with E-state index in [1.807, 2.05) is 27.7 Å². The lowest BCUT2D eigenvalue weighted by Gasteiger charge is -2.38. The summed E-state index contributed by atoms with van der Waals surface area (Å²) in [5, 5.41) is 2.73. The Morgan fingerprint density at radius 2 is 1.92 bits per heavy atom. The molecule has 1 atom stereocenters. The number of hydrogen-bond acceptors (Lipinski definition) is 2. The summed E-state index contributed by atoms with van der Waals surface area (Å²) < 4.78 is 0. The maximum absolute atomic E-state index is 11.5. The van der Waals surface area contributed by atoms with Gasteiger partial charge in [0.15, 0.2) is 0 Å². The van der Waals surface area contributed by atoms with E-state index in [1.54, 1.807) is 0 Å². The third kappa shape index (κ3) is 1.99. The van der Waals surface area contributed by atoms with Crippen LogP contribution in [0.4, 0.5) is 4.79 Å². The molecule has 0 radical (unpaired) electrons. The smallest absolute Gasteiger partial charge is 0.324 e. The lowest BCUT2D eigenvalue weighted by Crippen LogP contribution is -2.60. The largest absolute Gasteiger partial charge is 0.335 e. The van der Waals surface area contributed by atoms with Crippen molar-refractivity contribution >= 4 is 11.9 Å². The quantitative estimate of drug-likeness (QED) is 0.613. The fraction of sp³-hybridized carbons (Fsp3) is 0.778. The van der Waals surface area contributed by atoms with Gasteiger partial charge in [-0.1, -0.05) is 0 Å². The number of amides is 3. The van der Waals surface area contributed by atoms with Gasteiger partial charge in [-0.15, -0.1) is 0 Å². The van der Waals surface area contributed by atoms with Gasteiger partial charge in [-0.2, -0.15) is 0 Å². The van der Waals surface area contributed by atoms with E-state index in [2.05, 4.69) is 5.32 Å². The molecule has 3 amide bonds. The molecular weight excluding hydrogens is 168 g/mol. The van der Waals surface area contributed by atoms with Gasteiger partial charge in [-0.3, -0.25) is 9.69 Å². The van der Waals surface area contributed by atoms with E-state index in [1.165, 1.54) is 4.90 Å². The Morgan fingerprint density at radius 3 is 2.31 bits per heavy atom. The van der Waals surface area contributed by atoms with E-state index in [9.17, 15) is 9.59 Å². The van der Waals surface area contributed by atoms with Crippen molar-refractivity contribution in [3.63, 3.8) is 0 Å². The Balaban J connectivity index is 2.86. The van der Waals surface area contributed by atoms with Crippen LogP contribution in [0.15, 0.2) is 0 Å². The molecule has 13 heavy (non-hydrogen) atoms. The fourth-order valence-electron chi connectivity index (χ4n) is 1.47. The number of hydrogen-bond donors (Lipinski definition) is 1. The molecule has 1 aliphatic heterocycles. The number of rotatable bonds is 0. The van der Waals surface area contributed by atoms with Crippen LogP contribution in [0.3, 0.4) is 0 Å². The van der Waals surface area contributed by atoms with Crippen molar-refractivity contribution in [3.05, 3.63) is 0 Å². The number of carbonyl (C=O) groups excluding carboxylic acids is 2. The van der Waals surface area contributed by atoms with E-state index in [0.717, 1.165) is 0 Å². The Hall–Kier alpha value is -1.06. The van der Waals surface area contributed by atoms with Crippen LogP contribution in [0.25, 0.3) is 0 Å². The number of carbonyl (C=O) groups is 2. The molecule has 74 valence electrons. The van der Waals surface area contributed by atoms with Gasteiger partial charge >= 0.3 is 6.03 Å². The zero-order chi connectivity index (χ0) is 10.2. The van der Waals surface area contributed by atoms with Crippen LogP contribution >= 0.6 is 0 Å². The van der Waals surface area contributed by atoms with Crippen LogP contribution in [-0.4, -0.2) is 28.4 Å². The number of urea groups is 1. The fourth-order valence-corrected chi connectivity index (χ4v) is 1.47. The van der Waals surface area contributed by atoms with Crippen LogP contribution in [0.2, 0.25) is 0 Å². The average Bonchev–Trinajstić information content (AvgIpc) is 1.78. The molecule has 0 aromatic rings. The summed E-state index contributed by atoms with van der Waals surface area (Å²) >= 11 is 0. The van der Waals surface area contributed by atoms with Crippen molar-refractivity contribution in [2.75, 3.05) is 0 Å². The molecule has 1 heterocycles. The molecule has 0 aliphatic carbocycles. The van der Waals surface area contributed by atoms with Crippen molar-refractivity contribution < 1.29 is 9.59 Å². The topological polar surface area (TPSA) is 49.4 Å². The Labute approximate surface area is 78.3 Å². The molecule has 1 unspecified atom stereocenters. The predicted octanol–water partition coefficient (Wildman–Crippen LogP) is 1.12. The third-order valence-corrected chi connectivity index (χ3v) is 1.97. The number of nitrogens with one attached hydrogen (secondary N) is 1. The van der Waals surface area contributed by atoms with Crippen LogP contribution in [0.1, 0.15) is 34.1 Å². The highest BCUT2D eigenvalue weighted by molar-refractivity contribution is 5.98. The first kappa shape index (κ1) is 10.0. The second-order valence-corrected chi connectivity index (χ2v) is 4.45. The highest BCUT2D eigenvalue weighted by atomic mass is 16.2. The summed E-state index contributed by atoms with van der Waals surface area (Å²) in [5.41, 5.74) is -0.429. The highest BCUT2D eigenvalue weighted by Gasteiger charge is 2.37. The second-order valence-electron chi connectivity index (χ2n) is 4.45. The van der Waals surface area contributed by atoms with Crippen molar-refractivity contribution in [1.82, 2.24) is 10.2 Å². The zero-order valence-corrected chi connectivity index (χ0v) is 8.55. The summed E-state index contributed by atoms with van der Waals surface area (Å²) in [5.74, 6) is -0.0937. The minimum Gasteiger partial charge on any atom is -0.335 e. The normalized spacial score (nSPS) is 24.6. The van der Waals surface area contributed by atoms with Crippen LogP contribution in [-0.2, 0) is 4.79 Å². The molecule has 0 aromatic heterocycles. The van der Waals surface area contributed by atoms with E-state index < -0.39 is 5.54 Å². The lowest BCUT2D eigenvalue weighted by molar-refractivity contribution is -0.133. The maximum atomic E-state index is 11.5. The highest BCUT2D eigenvalue weighted by Crippen LogP contribution is 2.18. The van der Waals surface area contributed by atoms with Gasteiger partial charge in [0.25, 0.3) is 0 Å². The Morgan fingerprint density at radius 1 is 1.38 bits per heavy atom. The molecule has 4 nitrogen and oxygen atoms in total. The van der Waals surface area contributed by atoms with Gasteiger partial charge in [-0.05, 0) is 27.7 Å². The van der Waals surface area contributed by atoms with Crippen LogP contribution in [0, 0.1) is 0 Å². The van der Waals surface area contributed by atoms with Gasteiger partial charge in [0.2, 0.25) is 5.91 Å². The SMILES string of the molecule is CC1CC(=O)N(C(C)(C)C)C(=O)N1. The molecule has 0 spiro atoms. The molecule has 0 saturated carbocycles. The Kier molecular flexibility index (Phi) is 2.32. The number of imide groups is 1. The van der Waals surface area contributed by atoms with Gasteiger partial charge in [0, 0.05) is 18.0 Å². The summed E-state index contributed by atoms with van der Waals surface area (Å²) in [6, 6.07) is -0.324. The van der Waals surface area contributed by atoms with Crippen molar-refractivity contribution in [2.24, 2.45) is 0 Å². The average molecular weight is 184 g/mol. The van der Waals surface area contributed by atoms with Crippen molar-refractivity contribution in [2.45, 2.75) is 45.7 Å². The van der Waals surface area contributed by atoms with Crippen molar-refractivity contribution in [1.29, 1.82) is 0 Å². The monoisotopic (exact) mass is 184 g/mol. The van der Waals surface area contributed by atoms with Gasteiger partial charge in [-0.25, -0.2) is 4.79 Å². The number of nitrogens with zero attached hydrogens (tertiary/aromatic N) is 1. The predicted molar refractivity (Wildman–Crippen MR) is 49.2 cm³/mol. The summed E-state index contributed by atoms with van der Waals surface area (Å²) in [6.07, 6.45) is 0.392. The van der Waals surface area contributed by atoms with E-state index in [4.69, 9.17) is 0 Å². The van der Waals surface area contributed by atoms with E-state index in [-0.39, 0.29) is 18.0 Å². The van der Waals surface area contributed by atoms with Crippen molar-refractivity contribution in [3.8, 4) is 0 Å². The molecule has 1 saturated heterocycles. The van der Waals surface area contributed by atoms with Gasteiger partial charge < -0.3 is 5.32 Å².